The Hall–Kier alpha value is -2.43. The minimum atomic E-state index is -0.876. The molecule has 2 N–H and O–H groups in total. The molecule has 3 rings (SSSR count). The smallest absolute Gasteiger partial charge is 0.252 e. The van der Waals surface area contributed by atoms with Crippen molar-refractivity contribution in [2.45, 2.75) is 62.8 Å². The first-order valence-electron chi connectivity index (χ1n) is 11.9. The van der Waals surface area contributed by atoms with Crippen molar-refractivity contribution in [3.63, 3.8) is 0 Å². The number of ether oxygens (including phenoxy) is 1. The van der Waals surface area contributed by atoms with Crippen molar-refractivity contribution in [2.75, 3.05) is 39.9 Å². The molecule has 1 saturated carbocycles. The Labute approximate surface area is 191 Å². The summed E-state index contributed by atoms with van der Waals surface area (Å²) in [5.74, 6) is 0.141. The van der Waals surface area contributed by atoms with Crippen molar-refractivity contribution in [2.24, 2.45) is 0 Å². The Morgan fingerprint density at radius 3 is 2.47 bits per heavy atom. The number of benzene rings is 1. The Bertz CT molecular complexity index is 788. The third-order valence-corrected chi connectivity index (χ3v) is 6.86. The number of carbonyl (C=O) groups excluding carboxylic acids is 2. The van der Waals surface area contributed by atoms with Gasteiger partial charge in [0.05, 0.1) is 19.1 Å². The van der Waals surface area contributed by atoms with E-state index in [0.717, 1.165) is 58.3 Å². The molecule has 0 bridgehead atoms. The summed E-state index contributed by atoms with van der Waals surface area (Å²) in [4.78, 5) is 28.3. The minimum absolute atomic E-state index is 0.169. The number of carbonyl (C=O) groups is 2. The largest absolute Gasteiger partial charge is 0.383 e. The lowest BCUT2D eigenvalue weighted by Crippen LogP contribution is -2.59. The van der Waals surface area contributed by atoms with Crippen molar-refractivity contribution in [3.8, 4) is 6.07 Å². The van der Waals surface area contributed by atoms with E-state index in [9.17, 15) is 9.59 Å². The maximum absolute atomic E-state index is 13.0. The average Bonchev–Trinajstić information content (AvgIpc) is 2.84. The lowest BCUT2D eigenvalue weighted by atomic mass is 9.80. The zero-order valence-corrected chi connectivity index (χ0v) is 19.2. The molecule has 0 spiro atoms. The van der Waals surface area contributed by atoms with E-state index in [-0.39, 0.29) is 18.2 Å². The van der Waals surface area contributed by atoms with E-state index in [2.05, 4.69) is 27.7 Å². The molecule has 32 heavy (non-hydrogen) atoms. The molecule has 7 nitrogen and oxygen atoms in total. The molecule has 1 aromatic rings. The van der Waals surface area contributed by atoms with Crippen molar-refractivity contribution >= 4 is 11.8 Å². The Balaban J connectivity index is 1.59. The number of nitrogens with one attached hydrogen (secondary N) is 2. The molecule has 2 amide bonds. The van der Waals surface area contributed by atoms with E-state index in [4.69, 9.17) is 10.00 Å². The molecule has 1 aromatic carbocycles. The average molecular weight is 441 g/mol. The fourth-order valence-corrected chi connectivity index (χ4v) is 4.87. The second-order valence-electron chi connectivity index (χ2n) is 8.99. The molecule has 1 aliphatic carbocycles. The molecular weight excluding hydrogens is 404 g/mol. The van der Waals surface area contributed by atoms with Crippen LogP contribution in [0, 0.1) is 11.3 Å². The van der Waals surface area contributed by atoms with Crippen LogP contribution in [0.15, 0.2) is 24.3 Å². The molecule has 2 fully saturated rings. The van der Waals surface area contributed by atoms with Gasteiger partial charge >= 0.3 is 0 Å². The Morgan fingerprint density at radius 1 is 1.16 bits per heavy atom. The standard InChI is InChI=1S/C25H36N4O3/c1-32-19-18-29-16-10-21(11-17-29)20-6-8-22(9-7-20)23(30)28-25(12-3-2-4-13-25)24(31)27-15-5-14-26/h6-9,21H,2-5,10-13,15-19H2,1H3,(H,27,31)(H,28,30). The van der Waals surface area contributed by atoms with E-state index in [1.54, 1.807) is 7.11 Å². The first kappa shape index (κ1) is 24.2. The van der Waals surface area contributed by atoms with Gasteiger partial charge in [-0.1, -0.05) is 31.4 Å². The highest BCUT2D eigenvalue weighted by molar-refractivity contribution is 5.99. The highest BCUT2D eigenvalue weighted by Gasteiger charge is 2.40. The van der Waals surface area contributed by atoms with Crippen LogP contribution in [-0.2, 0) is 9.53 Å². The highest BCUT2D eigenvalue weighted by Crippen LogP contribution is 2.30. The fourth-order valence-electron chi connectivity index (χ4n) is 4.87. The van der Waals surface area contributed by atoms with Gasteiger partial charge < -0.3 is 20.3 Å². The van der Waals surface area contributed by atoms with Gasteiger partial charge in [0.15, 0.2) is 0 Å². The van der Waals surface area contributed by atoms with Gasteiger partial charge in [0.25, 0.3) is 5.91 Å². The summed E-state index contributed by atoms with van der Waals surface area (Å²) in [6.07, 6.45) is 6.66. The van der Waals surface area contributed by atoms with Gasteiger partial charge in [0.1, 0.15) is 5.54 Å². The lowest BCUT2D eigenvalue weighted by Gasteiger charge is -2.36. The van der Waals surface area contributed by atoms with Gasteiger partial charge in [-0.25, -0.2) is 0 Å². The number of hydrogen-bond acceptors (Lipinski definition) is 5. The Morgan fingerprint density at radius 2 is 1.84 bits per heavy atom. The maximum Gasteiger partial charge on any atom is 0.252 e. The minimum Gasteiger partial charge on any atom is -0.383 e. The molecule has 2 aliphatic rings. The van der Waals surface area contributed by atoms with Gasteiger partial charge in [0.2, 0.25) is 5.91 Å². The number of rotatable bonds is 9. The van der Waals surface area contributed by atoms with E-state index in [0.29, 0.717) is 30.9 Å². The van der Waals surface area contributed by atoms with E-state index < -0.39 is 5.54 Å². The molecule has 1 saturated heterocycles. The molecular formula is C25H36N4O3. The number of amides is 2. The predicted molar refractivity (Wildman–Crippen MR) is 123 cm³/mol. The number of nitriles is 1. The Kier molecular flexibility index (Phi) is 9.07. The van der Waals surface area contributed by atoms with Crippen LogP contribution in [-0.4, -0.2) is 62.1 Å². The van der Waals surface area contributed by atoms with Crippen molar-refractivity contribution in [1.29, 1.82) is 5.26 Å². The third kappa shape index (κ3) is 6.30. The lowest BCUT2D eigenvalue weighted by molar-refractivity contribution is -0.128. The molecule has 1 heterocycles. The van der Waals surface area contributed by atoms with Crippen molar-refractivity contribution in [1.82, 2.24) is 15.5 Å². The molecule has 1 aliphatic heterocycles. The van der Waals surface area contributed by atoms with Crippen LogP contribution in [0.1, 0.15) is 73.2 Å². The van der Waals surface area contributed by atoms with Gasteiger partial charge in [-0.3, -0.25) is 9.59 Å². The normalized spacial score (nSPS) is 19.1. The zero-order valence-electron chi connectivity index (χ0n) is 19.2. The van der Waals surface area contributed by atoms with Gasteiger partial charge in [-0.15, -0.1) is 0 Å². The number of piperidine rings is 1. The number of hydrogen-bond donors (Lipinski definition) is 2. The van der Waals surface area contributed by atoms with Crippen LogP contribution in [0.25, 0.3) is 0 Å². The van der Waals surface area contributed by atoms with Crippen molar-refractivity contribution in [3.05, 3.63) is 35.4 Å². The highest BCUT2D eigenvalue weighted by atomic mass is 16.5. The monoisotopic (exact) mass is 440 g/mol. The van der Waals surface area contributed by atoms with Crippen LogP contribution in [0.3, 0.4) is 0 Å². The first-order valence-corrected chi connectivity index (χ1v) is 11.9. The summed E-state index contributed by atoms with van der Waals surface area (Å²) in [6, 6.07) is 9.92. The molecule has 0 atom stereocenters. The second kappa shape index (κ2) is 12.0. The maximum atomic E-state index is 13.0. The zero-order chi connectivity index (χ0) is 22.8. The summed E-state index contributed by atoms with van der Waals surface area (Å²) in [5.41, 5.74) is 0.981. The quantitative estimate of drug-likeness (QED) is 0.576. The van der Waals surface area contributed by atoms with Crippen LogP contribution in [0.2, 0.25) is 0 Å². The van der Waals surface area contributed by atoms with E-state index in [1.807, 2.05) is 18.2 Å². The molecule has 7 heteroatoms. The molecule has 0 aromatic heterocycles. The SMILES string of the molecule is COCCN1CCC(c2ccc(C(=O)NC3(C(=O)NCCC#N)CCCCC3)cc2)CC1. The third-order valence-electron chi connectivity index (χ3n) is 6.86. The van der Waals surface area contributed by atoms with E-state index >= 15 is 0 Å². The summed E-state index contributed by atoms with van der Waals surface area (Å²) in [6.45, 7) is 4.20. The summed E-state index contributed by atoms with van der Waals surface area (Å²) < 4.78 is 5.17. The van der Waals surface area contributed by atoms with Crippen LogP contribution >= 0.6 is 0 Å². The first-order chi connectivity index (χ1) is 15.6. The van der Waals surface area contributed by atoms with E-state index in [1.165, 1.54) is 5.56 Å². The molecule has 0 unspecified atom stereocenters. The second-order valence-corrected chi connectivity index (χ2v) is 8.99. The summed E-state index contributed by atoms with van der Waals surface area (Å²) in [7, 11) is 1.74. The number of methoxy groups -OCH3 is 1. The molecule has 174 valence electrons. The summed E-state index contributed by atoms with van der Waals surface area (Å²) in [5, 5.41) is 14.6. The fraction of sp³-hybridized carbons (Fsp3) is 0.640. The number of nitrogens with zero attached hydrogens (tertiary/aromatic N) is 2. The van der Waals surface area contributed by atoms with Gasteiger partial charge in [-0.2, -0.15) is 5.26 Å². The predicted octanol–water partition coefficient (Wildman–Crippen LogP) is 2.97. The number of likely N-dealkylation sites (tertiary alicyclic amines) is 1. The topological polar surface area (TPSA) is 94.5 Å². The van der Waals surface area contributed by atoms with Gasteiger partial charge in [-0.05, 0) is 62.4 Å². The van der Waals surface area contributed by atoms with Crippen LogP contribution < -0.4 is 10.6 Å². The van der Waals surface area contributed by atoms with Gasteiger partial charge in [0, 0.05) is 25.8 Å². The summed E-state index contributed by atoms with van der Waals surface area (Å²) >= 11 is 0. The molecule has 0 radical (unpaired) electrons. The van der Waals surface area contributed by atoms with Crippen LogP contribution in [0.4, 0.5) is 0 Å². The van der Waals surface area contributed by atoms with Crippen molar-refractivity contribution < 1.29 is 14.3 Å². The van der Waals surface area contributed by atoms with Crippen LogP contribution in [0.5, 0.6) is 0 Å².